The van der Waals surface area contributed by atoms with Crippen LogP contribution in [0.25, 0.3) is 0 Å². The minimum absolute atomic E-state index is 0.617. The van der Waals surface area contributed by atoms with Crippen molar-refractivity contribution >= 4 is 46.3 Å². The maximum Gasteiger partial charge on any atom is 0.329 e. The first-order chi connectivity index (χ1) is 11.0. The number of benzene rings is 2. The third-order valence-corrected chi connectivity index (χ3v) is 3.82. The highest BCUT2D eigenvalue weighted by Gasteiger charge is 2.13. The summed E-state index contributed by atoms with van der Waals surface area (Å²) in [5, 5.41) is 6.37. The van der Waals surface area contributed by atoms with Gasteiger partial charge in [-0.1, -0.05) is 24.3 Å². The third kappa shape index (κ3) is 5.17. The monoisotopic (exact) mass is 421 g/mol. The summed E-state index contributed by atoms with van der Waals surface area (Å²) in [5.41, 5.74) is 5.56. The first-order valence-corrected chi connectivity index (χ1v) is 8.01. The predicted octanol–water partition coefficient (Wildman–Crippen LogP) is 3.00. The lowest BCUT2D eigenvalue weighted by atomic mass is 10.1. The maximum absolute atomic E-state index is 11.9. The molecule has 0 aliphatic rings. The van der Waals surface area contributed by atoms with Crippen molar-refractivity contribution in [1.82, 2.24) is 5.43 Å². The molecular weight excluding hydrogens is 405 g/mol. The molecule has 0 bridgehead atoms. The number of amides is 2. The minimum Gasteiger partial charge on any atom is -0.317 e. The number of halogens is 1. The summed E-state index contributed by atoms with van der Waals surface area (Å²) < 4.78 is 1.11. The van der Waals surface area contributed by atoms with Gasteiger partial charge in [0.05, 0.1) is 6.21 Å². The molecule has 2 N–H and O–H groups in total. The van der Waals surface area contributed by atoms with E-state index in [4.69, 9.17) is 0 Å². The normalized spacial score (nSPS) is 10.6. The summed E-state index contributed by atoms with van der Waals surface area (Å²) in [6.45, 7) is 3.78. The number of nitrogens with zero attached hydrogens (tertiary/aromatic N) is 1. The van der Waals surface area contributed by atoms with E-state index in [1.54, 1.807) is 0 Å². The molecular formula is C17H16IN3O2. The zero-order valence-electron chi connectivity index (χ0n) is 12.8. The van der Waals surface area contributed by atoms with Gasteiger partial charge in [0.15, 0.2) is 0 Å². The largest absolute Gasteiger partial charge is 0.329 e. The lowest BCUT2D eigenvalue weighted by Gasteiger charge is -2.08. The summed E-state index contributed by atoms with van der Waals surface area (Å²) in [6, 6.07) is 13.2. The van der Waals surface area contributed by atoms with E-state index in [-0.39, 0.29) is 0 Å². The minimum atomic E-state index is -0.812. The second kappa shape index (κ2) is 7.87. The number of aryl methyl sites for hydroxylation is 2. The summed E-state index contributed by atoms with van der Waals surface area (Å²) >= 11 is 2.20. The Hall–Kier alpha value is -2.22. The number of rotatable bonds is 3. The molecule has 6 heteroatoms. The SMILES string of the molecule is Cc1ccc(C)c(NC(=O)C(=O)N/N=C/c2ccc(I)cc2)c1. The fourth-order valence-corrected chi connectivity index (χ4v) is 2.17. The average Bonchev–Trinajstić information content (AvgIpc) is 2.52. The van der Waals surface area contributed by atoms with Crippen molar-refractivity contribution in [2.75, 3.05) is 5.32 Å². The highest BCUT2D eigenvalue weighted by Crippen LogP contribution is 2.16. The van der Waals surface area contributed by atoms with E-state index < -0.39 is 11.8 Å². The lowest BCUT2D eigenvalue weighted by molar-refractivity contribution is -0.136. The van der Waals surface area contributed by atoms with Gasteiger partial charge < -0.3 is 5.32 Å². The van der Waals surface area contributed by atoms with Crippen LogP contribution in [-0.4, -0.2) is 18.0 Å². The second-order valence-corrected chi connectivity index (χ2v) is 6.27. The van der Waals surface area contributed by atoms with Gasteiger partial charge >= 0.3 is 11.8 Å². The van der Waals surface area contributed by atoms with Crippen molar-refractivity contribution in [2.24, 2.45) is 5.10 Å². The molecule has 0 saturated carbocycles. The quantitative estimate of drug-likeness (QED) is 0.346. The van der Waals surface area contributed by atoms with E-state index >= 15 is 0 Å². The van der Waals surface area contributed by atoms with Crippen LogP contribution in [0.4, 0.5) is 5.69 Å². The number of anilines is 1. The van der Waals surface area contributed by atoms with E-state index in [1.807, 2.05) is 56.3 Å². The van der Waals surface area contributed by atoms with Gasteiger partial charge in [0.1, 0.15) is 0 Å². The summed E-state index contributed by atoms with van der Waals surface area (Å²) in [4.78, 5) is 23.6. The van der Waals surface area contributed by atoms with E-state index in [1.165, 1.54) is 6.21 Å². The van der Waals surface area contributed by atoms with Crippen LogP contribution in [-0.2, 0) is 9.59 Å². The fourth-order valence-electron chi connectivity index (χ4n) is 1.81. The van der Waals surface area contributed by atoms with Crippen LogP contribution in [0.15, 0.2) is 47.6 Å². The Bertz CT molecular complexity index is 755. The van der Waals surface area contributed by atoms with Crippen molar-refractivity contribution < 1.29 is 9.59 Å². The first-order valence-electron chi connectivity index (χ1n) is 6.93. The summed E-state index contributed by atoms with van der Waals surface area (Å²) in [7, 11) is 0. The molecule has 2 rings (SSSR count). The molecule has 0 aliphatic heterocycles. The Morgan fingerprint density at radius 1 is 1.04 bits per heavy atom. The molecule has 0 aromatic heterocycles. The molecule has 0 spiro atoms. The molecule has 0 unspecified atom stereocenters. The number of hydrogen-bond donors (Lipinski definition) is 2. The highest BCUT2D eigenvalue weighted by atomic mass is 127. The van der Waals surface area contributed by atoms with Crippen molar-refractivity contribution in [1.29, 1.82) is 0 Å². The van der Waals surface area contributed by atoms with Crippen molar-refractivity contribution in [2.45, 2.75) is 13.8 Å². The number of hydrazone groups is 1. The molecule has 0 atom stereocenters. The van der Waals surface area contributed by atoms with Crippen LogP contribution >= 0.6 is 22.6 Å². The summed E-state index contributed by atoms with van der Waals surface area (Å²) in [5.74, 6) is -1.56. The Morgan fingerprint density at radius 3 is 2.43 bits per heavy atom. The van der Waals surface area contributed by atoms with Crippen molar-refractivity contribution in [3.8, 4) is 0 Å². The van der Waals surface area contributed by atoms with Gasteiger partial charge in [0.25, 0.3) is 0 Å². The Labute approximate surface area is 148 Å². The molecule has 0 aliphatic carbocycles. The van der Waals surface area contributed by atoms with Crippen molar-refractivity contribution in [3.05, 3.63) is 62.7 Å². The topological polar surface area (TPSA) is 70.6 Å². The number of hydrogen-bond acceptors (Lipinski definition) is 3. The zero-order chi connectivity index (χ0) is 16.8. The number of carbonyl (C=O) groups excluding carboxylic acids is 2. The smallest absolute Gasteiger partial charge is 0.317 e. The molecule has 2 aromatic rings. The zero-order valence-corrected chi connectivity index (χ0v) is 14.9. The van der Waals surface area contributed by atoms with Crippen LogP contribution < -0.4 is 10.7 Å². The Kier molecular flexibility index (Phi) is 5.86. The molecule has 0 heterocycles. The predicted molar refractivity (Wildman–Crippen MR) is 99.4 cm³/mol. The van der Waals surface area contributed by atoms with E-state index in [2.05, 4.69) is 38.4 Å². The molecule has 2 amide bonds. The van der Waals surface area contributed by atoms with Gasteiger partial charge in [0.2, 0.25) is 0 Å². The van der Waals surface area contributed by atoms with Crippen LogP contribution in [0, 0.1) is 17.4 Å². The molecule has 118 valence electrons. The molecule has 0 radical (unpaired) electrons. The molecule has 0 fully saturated rings. The number of carbonyl (C=O) groups is 2. The number of nitrogens with one attached hydrogen (secondary N) is 2. The van der Waals surface area contributed by atoms with Gasteiger partial charge in [-0.2, -0.15) is 5.10 Å². The van der Waals surface area contributed by atoms with Gasteiger partial charge in [-0.3, -0.25) is 9.59 Å². The molecule has 0 saturated heterocycles. The van der Waals surface area contributed by atoms with Crippen LogP contribution in [0.2, 0.25) is 0 Å². The maximum atomic E-state index is 11.9. The second-order valence-electron chi connectivity index (χ2n) is 5.02. The van der Waals surface area contributed by atoms with E-state index in [0.717, 1.165) is 20.3 Å². The van der Waals surface area contributed by atoms with Gasteiger partial charge in [-0.05, 0) is 71.3 Å². The Morgan fingerprint density at radius 2 is 1.74 bits per heavy atom. The van der Waals surface area contributed by atoms with E-state index in [9.17, 15) is 9.59 Å². The van der Waals surface area contributed by atoms with E-state index in [0.29, 0.717) is 5.69 Å². The van der Waals surface area contributed by atoms with Crippen LogP contribution in [0.5, 0.6) is 0 Å². The van der Waals surface area contributed by atoms with Crippen molar-refractivity contribution in [3.63, 3.8) is 0 Å². The first kappa shape index (κ1) is 17.1. The molecule has 5 nitrogen and oxygen atoms in total. The van der Waals surface area contributed by atoms with Crippen LogP contribution in [0.1, 0.15) is 16.7 Å². The Balaban J connectivity index is 1.93. The lowest BCUT2D eigenvalue weighted by Crippen LogP contribution is -2.32. The fraction of sp³-hybridized carbons (Fsp3) is 0.118. The standard InChI is InChI=1S/C17H16IN3O2/c1-11-3-4-12(2)15(9-11)20-16(22)17(23)21-19-10-13-5-7-14(18)8-6-13/h3-10H,1-2H3,(H,20,22)(H,21,23)/b19-10+. The average molecular weight is 421 g/mol. The van der Waals surface area contributed by atoms with Gasteiger partial charge in [0, 0.05) is 9.26 Å². The van der Waals surface area contributed by atoms with Crippen LogP contribution in [0.3, 0.4) is 0 Å². The van der Waals surface area contributed by atoms with Gasteiger partial charge in [-0.25, -0.2) is 5.43 Å². The molecule has 2 aromatic carbocycles. The summed E-state index contributed by atoms with van der Waals surface area (Å²) in [6.07, 6.45) is 1.49. The highest BCUT2D eigenvalue weighted by molar-refractivity contribution is 14.1. The van der Waals surface area contributed by atoms with Gasteiger partial charge in [-0.15, -0.1) is 0 Å². The molecule has 23 heavy (non-hydrogen) atoms. The third-order valence-electron chi connectivity index (χ3n) is 3.10.